The molecule has 1 aromatic carbocycles. The van der Waals surface area contributed by atoms with Crippen LogP contribution in [0.2, 0.25) is 10.0 Å². The largest absolute Gasteiger partial charge is 0.277 e. The molecule has 1 heterocycles. The molecule has 0 fully saturated rings. The zero-order valence-corrected chi connectivity index (χ0v) is 11.6. The maximum atomic E-state index is 13.5. The fourth-order valence-electron chi connectivity index (χ4n) is 1.33. The molecule has 2 aromatic rings. The number of sulfonamides is 1. The van der Waals surface area contributed by atoms with E-state index in [0.717, 1.165) is 12.3 Å². The number of benzene rings is 1. The molecule has 2 rings (SSSR count). The third kappa shape index (κ3) is 3.15. The maximum absolute atomic E-state index is 13.5. The summed E-state index contributed by atoms with van der Waals surface area (Å²) >= 11 is 11.3. The van der Waals surface area contributed by atoms with Gasteiger partial charge in [0.15, 0.2) is 0 Å². The third-order valence-corrected chi connectivity index (χ3v) is 4.27. The van der Waals surface area contributed by atoms with Gasteiger partial charge in [-0.2, -0.15) is 0 Å². The van der Waals surface area contributed by atoms with Crippen LogP contribution >= 0.6 is 23.2 Å². The average molecular weight is 321 g/mol. The number of hydrogen-bond donors (Lipinski definition) is 1. The van der Waals surface area contributed by atoms with Gasteiger partial charge in [-0.25, -0.2) is 12.8 Å². The van der Waals surface area contributed by atoms with Crippen molar-refractivity contribution < 1.29 is 12.8 Å². The van der Waals surface area contributed by atoms with Gasteiger partial charge in [-0.1, -0.05) is 23.2 Å². The molecule has 0 atom stereocenters. The second kappa shape index (κ2) is 5.32. The topological polar surface area (TPSA) is 59.1 Å². The normalized spacial score (nSPS) is 11.3. The molecule has 0 saturated carbocycles. The fourth-order valence-corrected chi connectivity index (χ4v) is 2.99. The van der Waals surface area contributed by atoms with E-state index in [1.54, 1.807) is 0 Å². The van der Waals surface area contributed by atoms with Crippen LogP contribution in [0.3, 0.4) is 0 Å². The van der Waals surface area contributed by atoms with Crippen molar-refractivity contribution in [1.82, 2.24) is 4.98 Å². The molecule has 8 heteroatoms. The molecular formula is C11H7Cl2FN2O2S. The summed E-state index contributed by atoms with van der Waals surface area (Å²) in [4.78, 5) is 3.44. The molecule has 19 heavy (non-hydrogen) atoms. The summed E-state index contributed by atoms with van der Waals surface area (Å²) in [5.41, 5.74) is -0.218. The highest BCUT2D eigenvalue weighted by atomic mass is 35.5. The summed E-state index contributed by atoms with van der Waals surface area (Å²) in [5, 5.41) is 0.164. The number of rotatable bonds is 3. The molecule has 0 aliphatic rings. The van der Waals surface area contributed by atoms with Gasteiger partial charge in [-0.3, -0.25) is 9.71 Å². The Morgan fingerprint density at radius 2 is 1.95 bits per heavy atom. The lowest BCUT2D eigenvalue weighted by Crippen LogP contribution is -2.14. The van der Waals surface area contributed by atoms with E-state index >= 15 is 0 Å². The first kappa shape index (κ1) is 14.0. The highest BCUT2D eigenvalue weighted by Crippen LogP contribution is 2.25. The Hall–Kier alpha value is -1.37. The summed E-state index contributed by atoms with van der Waals surface area (Å²) in [7, 11) is -4.01. The second-order valence-corrected chi connectivity index (χ2v) is 6.03. The number of nitrogens with zero attached hydrogens (tertiary/aromatic N) is 1. The number of halogens is 3. The van der Waals surface area contributed by atoms with Crippen molar-refractivity contribution >= 4 is 38.9 Å². The number of anilines is 1. The molecule has 100 valence electrons. The van der Waals surface area contributed by atoms with Crippen LogP contribution in [-0.4, -0.2) is 13.4 Å². The first-order valence-corrected chi connectivity index (χ1v) is 7.21. The van der Waals surface area contributed by atoms with Crippen molar-refractivity contribution in [2.75, 3.05) is 4.72 Å². The van der Waals surface area contributed by atoms with Crippen molar-refractivity contribution in [1.29, 1.82) is 0 Å². The van der Waals surface area contributed by atoms with E-state index in [2.05, 4.69) is 9.71 Å². The van der Waals surface area contributed by atoms with Crippen molar-refractivity contribution in [3.05, 3.63) is 52.5 Å². The summed E-state index contributed by atoms with van der Waals surface area (Å²) < 4.78 is 39.7. The minimum atomic E-state index is -4.01. The molecule has 0 radical (unpaired) electrons. The predicted octanol–water partition coefficient (Wildman–Crippen LogP) is 3.33. The lowest BCUT2D eigenvalue weighted by atomic mass is 10.3. The lowest BCUT2D eigenvalue weighted by Gasteiger charge is -2.09. The van der Waals surface area contributed by atoms with E-state index in [1.807, 2.05) is 0 Å². The van der Waals surface area contributed by atoms with Crippen LogP contribution in [0.5, 0.6) is 0 Å². The number of aromatic nitrogens is 1. The smallest absolute Gasteiger partial charge is 0.265 e. The van der Waals surface area contributed by atoms with Crippen LogP contribution < -0.4 is 4.72 Å². The maximum Gasteiger partial charge on any atom is 0.265 e. The molecule has 4 nitrogen and oxygen atoms in total. The molecule has 0 saturated heterocycles. The number of pyridine rings is 1. The first-order valence-electron chi connectivity index (χ1n) is 4.97. The highest BCUT2D eigenvalue weighted by Gasteiger charge is 2.19. The van der Waals surface area contributed by atoms with Crippen LogP contribution in [0.25, 0.3) is 0 Å². The second-order valence-electron chi connectivity index (χ2n) is 3.54. The fraction of sp³-hybridized carbons (Fsp3) is 0. The highest BCUT2D eigenvalue weighted by molar-refractivity contribution is 7.92. The van der Waals surface area contributed by atoms with Gasteiger partial charge >= 0.3 is 0 Å². The SMILES string of the molecule is O=S(=O)(Nc1ccc(Cl)cc1F)c1cnccc1Cl. The number of nitrogens with one attached hydrogen (secondary N) is 1. The van der Waals surface area contributed by atoms with Gasteiger partial charge in [0.2, 0.25) is 0 Å². The summed E-state index contributed by atoms with van der Waals surface area (Å²) in [6.45, 7) is 0. The standard InChI is InChI=1S/C11H7Cl2FN2O2S/c12-7-1-2-10(9(14)5-7)16-19(17,18)11-6-15-4-3-8(11)13/h1-6,16H. The summed E-state index contributed by atoms with van der Waals surface area (Å²) in [6.07, 6.45) is 2.43. The molecule has 0 unspecified atom stereocenters. The van der Waals surface area contributed by atoms with E-state index < -0.39 is 15.8 Å². The molecule has 0 aliphatic carbocycles. The Balaban J connectivity index is 2.40. The Morgan fingerprint density at radius 1 is 1.21 bits per heavy atom. The minimum Gasteiger partial charge on any atom is -0.277 e. The zero-order chi connectivity index (χ0) is 14.0. The van der Waals surface area contributed by atoms with Crippen molar-refractivity contribution in [2.45, 2.75) is 4.90 Å². The van der Waals surface area contributed by atoms with Gasteiger partial charge in [-0.05, 0) is 24.3 Å². The van der Waals surface area contributed by atoms with Crippen LogP contribution in [0, 0.1) is 5.82 Å². The Bertz CT molecular complexity index is 722. The Morgan fingerprint density at radius 3 is 2.58 bits per heavy atom. The molecule has 1 N–H and O–H groups in total. The van der Waals surface area contributed by atoms with Crippen LogP contribution in [0.4, 0.5) is 10.1 Å². The van der Waals surface area contributed by atoms with Gasteiger partial charge in [-0.15, -0.1) is 0 Å². The van der Waals surface area contributed by atoms with Crippen molar-refractivity contribution in [3.8, 4) is 0 Å². The van der Waals surface area contributed by atoms with Crippen LogP contribution in [0.15, 0.2) is 41.6 Å². The number of hydrogen-bond acceptors (Lipinski definition) is 3. The first-order chi connectivity index (χ1) is 8.90. The van der Waals surface area contributed by atoms with Crippen LogP contribution in [-0.2, 0) is 10.0 Å². The molecule has 0 aliphatic heterocycles. The molecule has 0 amide bonds. The monoisotopic (exact) mass is 320 g/mol. The summed E-state index contributed by atoms with van der Waals surface area (Å²) in [6, 6.07) is 4.92. The van der Waals surface area contributed by atoms with E-state index in [0.29, 0.717) is 0 Å². The predicted molar refractivity (Wildman–Crippen MR) is 71.5 cm³/mol. The zero-order valence-electron chi connectivity index (χ0n) is 9.27. The quantitative estimate of drug-likeness (QED) is 0.943. The van der Waals surface area contributed by atoms with Gasteiger partial charge < -0.3 is 0 Å². The Kier molecular flexibility index (Phi) is 3.93. The lowest BCUT2D eigenvalue weighted by molar-refractivity contribution is 0.598. The molecule has 0 spiro atoms. The van der Waals surface area contributed by atoms with Gasteiger partial charge in [0.25, 0.3) is 10.0 Å². The van der Waals surface area contributed by atoms with Gasteiger partial charge in [0.1, 0.15) is 10.7 Å². The summed E-state index contributed by atoms with van der Waals surface area (Å²) in [5.74, 6) is -0.781. The average Bonchev–Trinajstić information content (AvgIpc) is 2.33. The molecule has 1 aromatic heterocycles. The van der Waals surface area contributed by atoms with E-state index in [9.17, 15) is 12.8 Å². The van der Waals surface area contributed by atoms with E-state index in [-0.39, 0.29) is 20.6 Å². The minimum absolute atomic E-state index is 0.00290. The van der Waals surface area contributed by atoms with Crippen molar-refractivity contribution in [2.24, 2.45) is 0 Å². The molecular weight excluding hydrogens is 314 g/mol. The Labute approximate surface area is 119 Å². The molecule has 0 bridgehead atoms. The van der Waals surface area contributed by atoms with Crippen molar-refractivity contribution in [3.63, 3.8) is 0 Å². The van der Waals surface area contributed by atoms with Gasteiger partial charge in [0.05, 0.1) is 10.7 Å². The van der Waals surface area contributed by atoms with Gasteiger partial charge in [0, 0.05) is 17.4 Å². The van der Waals surface area contributed by atoms with E-state index in [4.69, 9.17) is 23.2 Å². The third-order valence-electron chi connectivity index (χ3n) is 2.20. The van der Waals surface area contributed by atoms with Crippen LogP contribution in [0.1, 0.15) is 0 Å². The van der Waals surface area contributed by atoms with E-state index in [1.165, 1.54) is 24.4 Å².